The molecule has 0 spiro atoms. The monoisotopic (exact) mass is 449 g/mol. The van der Waals surface area contributed by atoms with Crippen molar-refractivity contribution < 1.29 is 37.0 Å². The van der Waals surface area contributed by atoms with Crippen molar-refractivity contribution in [3.05, 3.63) is 23.7 Å². The van der Waals surface area contributed by atoms with Gasteiger partial charge in [-0.2, -0.15) is 13.2 Å². The van der Waals surface area contributed by atoms with Crippen molar-refractivity contribution >= 4 is 12.0 Å². The zero-order valence-electron chi connectivity index (χ0n) is 17.9. The standard InChI is InChI=1S/C18H29N3O3.C2HF3O2/c1-4-14-5-6-15(24-14)11-21-8-7-16-13(10-21)12-23-17(16)9-19-18(22)20(2)3;3-2(4,5)1(6)7/h5-6,13,16-17H,4,7-12H2,1-3H3,(H,19,22);(H,6,7)/t13-,16-,17+;/m1./s1. The van der Waals surface area contributed by atoms with Crippen LogP contribution < -0.4 is 5.32 Å². The Morgan fingerprint density at radius 2 is 1.94 bits per heavy atom. The number of alkyl halides is 3. The lowest BCUT2D eigenvalue weighted by Gasteiger charge is -2.35. The van der Waals surface area contributed by atoms with E-state index in [4.69, 9.17) is 19.1 Å². The number of rotatable bonds is 5. The van der Waals surface area contributed by atoms with Crippen molar-refractivity contribution in [2.75, 3.05) is 40.3 Å². The number of amides is 2. The molecule has 2 aliphatic heterocycles. The summed E-state index contributed by atoms with van der Waals surface area (Å²) in [5.41, 5.74) is 0. The molecule has 0 aliphatic carbocycles. The van der Waals surface area contributed by atoms with E-state index in [0.717, 1.165) is 50.6 Å². The maximum absolute atomic E-state index is 11.7. The summed E-state index contributed by atoms with van der Waals surface area (Å²) in [5, 5.41) is 10.1. The molecule has 2 N–H and O–H groups in total. The largest absolute Gasteiger partial charge is 0.490 e. The second-order valence-electron chi connectivity index (χ2n) is 7.92. The Morgan fingerprint density at radius 1 is 1.29 bits per heavy atom. The Balaban J connectivity index is 0.000000423. The molecule has 3 atom stereocenters. The van der Waals surface area contributed by atoms with Crippen molar-refractivity contribution in [2.24, 2.45) is 11.8 Å². The number of urea groups is 1. The van der Waals surface area contributed by atoms with Crippen molar-refractivity contribution in [3.63, 3.8) is 0 Å². The van der Waals surface area contributed by atoms with Gasteiger partial charge in [-0.15, -0.1) is 0 Å². The molecule has 0 aromatic carbocycles. The van der Waals surface area contributed by atoms with Crippen LogP contribution in [0.2, 0.25) is 0 Å². The number of nitrogens with one attached hydrogen (secondary N) is 1. The average Bonchev–Trinajstić information content (AvgIpc) is 3.32. The van der Waals surface area contributed by atoms with Crippen LogP contribution in [0.3, 0.4) is 0 Å². The van der Waals surface area contributed by atoms with Crippen LogP contribution in [-0.2, 0) is 22.5 Å². The number of ether oxygens (including phenoxy) is 1. The minimum atomic E-state index is -5.08. The van der Waals surface area contributed by atoms with Crippen LogP contribution >= 0.6 is 0 Å². The molecule has 1 aromatic heterocycles. The number of furan rings is 1. The molecule has 11 heteroatoms. The van der Waals surface area contributed by atoms with Crippen LogP contribution in [0.1, 0.15) is 24.9 Å². The quantitative estimate of drug-likeness (QED) is 0.718. The van der Waals surface area contributed by atoms with Gasteiger partial charge in [-0.3, -0.25) is 4.90 Å². The minimum absolute atomic E-state index is 0.0518. The molecule has 2 fully saturated rings. The van der Waals surface area contributed by atoms with Gasteiger partial charge >= 0.3 is 18.2 Å². The molecular weight excluding hydrogens is 419 g/mol. The van der Waals surface area contributed by atoms with E-state index >= 15 is 0 Å². The summed E-state index contributed by atoms with van der Waals surface area (Å²) < 4.78 is 43.5. The summed E-state index contributed by atoms with van der Waals surface area (Å²) in [6.07, 6.45) is -2.87. The SMILES string of the molecule is CCc1ccc(CN2CC[C@@H]3[C@@H](CO[C@H]3CNC(=O)N(C)C)C2)o1.O=C(O)C(F)(F)F. The maximum atomic E-state index is 11.7. The Morgan fingerprint density at radius 3 is 2.48 bits per heavy atom. The molecule has 2 aliphatic rings. The van der Waals surface area contributed by atoms with E-state index < -0.39 is 12.1 Å². The maximum Gasteiger partial charge on any atom is 0.490 e. The van der Waals surface area contributed by atoms with Gasteiger partial charge in [0.15, 0.2) is 0 Å². The van der Waals surface area contributed by atoms with Crippen LogP contribution in [0.4, 0.5) is 18.0 Å². The second kappa shape index (κ2) is 10.9. The number of nitrogens with zero attached hydrogens (tertiary/aromatic N) is 2. The number of aryl methyl sites for hydroxylation is 1. The number of carboxylic acids is 1. The highest BCUT2D eigenvalue weighted by molar-refractivity contribution is 5.73. The molecule has 176 valence electrons. The van der Waals surface area contributed by atoms with Crippen LogP contribution in [-0.4, -0.2) is 79.5 Å². The number of halogens is 3. The zero-order chi connectivity index (χ0) is 23.2. The smallest absolute Gasteiger partial charge is 0.475 e. The first kappa shape index (κ1) is 25.0. The van der Waals surface area contributed by atoms with Gasteiger partial charge in [-0.25, -0.2) is 9.59 Å². The van der Waals surface area contributed by atoms with Gasteiger partial charge in [0.05, 0.1) is 19.3 Å². The normalized spacial score (nSPS) is 23.5. The molecular formula is C20H30F3N3O5. The highest BCUT2D eigenvalue weighted by atomic mass is 19.4. The summed E-state index contributed by atoms with van der Waals surface area (Å²) in [6, 6.07) is 4.11. The van der Waals surface area contributed by atoms with Gasteiger partial charge in [-0.1, -0.05) is 6.92 Å². The predicted molar refractivity (Wildman–Crippen MR) is 105 cm³/mol. The third-order valence-corrected chi connectivity index (χ3v) is 5.43. The third-order valence-electron chi connectivity index (χ3n) is 5.43. The lowest BCUT2D eigenvalue weighted by atomic mass is 9.84. The van der Waals surface area contributed by atoms with Crippen LogP contribution in [0.25, 0.3) is 0 Å². The van der Waals surface area contributed by atoms with E-state index in [9.17, 15) is 18.0 Å². The van der Waals surface area contributed by atoms with Gasteiger partial charge in [0.25, 0.3) is 0 Å². The molecule has 3 heterocycles. The van der Waals surface area contributed by atoms with Crippen LogP contribution in [0, 0.1) is 11.8 Å². The van der Waals surface area contributed by atoms with Crippen molar-refractivity contribution in [1.82, 2.24) is 15.1 Å². The molecule has 0 radical (unpaired) electrons. The van der Waals surface area contributed by atoms with E-state index in [2.05, 4.69) is 29.3 Å². The van der Waals surface area contributed by atoms with Crippen molar-refractivity contribution in [3.8, 4) is 0 Å². The Kier molecular flexibility index (Phi) is 8.75. The lowest BCUT2D eigenvalue weighted by Crippen LogP contribution is -2.45. The van der Waals surface area contributed by atoms with Gasteiger partial charge in [0.2, 0.25) is 0 Å². The van der Waals surface area contributed by atoms with E-state index in [0.29, 0.717) is 18.4 Å². The van der Waals surface area contributed by atoms with E-state index in [1.54, 1.807) is 19.0 Å². The number of piperidine rings is 1. The highest BCUT2D eigenvalue weighted by Gasteiger charge is 2.41. The number of carbonyl (C=O) groups is 2. The first-order chi connectivity index (χ1) is 14.5. The van der Waals surface area contributed by atoms with Gasteiger partial charge in [0, 0.05) is 39.5 Å². The molecule has 0 unspecified atom stereocenters. The van der Waals surface area contributed by atoms with Gasteiger partial charge in [0.1, 0.15) is 11.5 Å². The molecule has 2 saturated heterocycles. The fourth-order valence-corrected chi connectivity index (χ4v) is 3.78. The first-order valence-corrected chi connectivity index (χ1v) is 10.2. The molecule has 0 saturated carbocycles. The lowest BCUT2D eigenvalue weighted by molar-refractivity contribution is -0.192. The van der Waals surface area contributed by atoms with Crippen LogP contribution in [0.15, 0.2) is 16.5 Å². The number of hydrogen-bond donors (Lipinski definition) is 2. The Hall–Kier alpha value is -2.27. The van der Waals surface area contributed by atoms with Crippen molar-refractivity contribution in [2.45, 2.75) is 38.6 Å². The average molecular weight is 449 g/mol. The van der Waals surface area contributed by atoms with E-state index in [1.165, 1.54) is 0 Å². The molecule has 2 amide bonds. The highest BCUT2D eigenvalue weighted by Crippen LogP contribution is 2.34. The topological polar surface area (TPSA) is 95.3 Å². The molecule has 1 aromatic rings. The summed E-state index contributed by atoms with van der Waals surface area (Å²) in [7, 11) is 3.51. The molecule has 8 nitrogen and oxygen atoms in total. The number of carbonyl (C=O) groups excluding carboxylic acids is 1. The Labute approximate surface area is 179 Å². The number of hydrogen-bond acceptors (Lipinski definition) is 5. The first-order valence-electron chi connectivity index (χ1n) is 10.2. The molecule has 0 bridgehead atoms. The predicted octanol–water partition coefficient (Wildman–Crippen LogP) is 2.58. The number of fused-ring (bicyclic) bond motifs is 1. The van der Waals surface area contributed by atoms with Gasteiger partial charge < -0.3 is 24.5 Å². The summed E-state index contributed by atoms with van der Waals surface area (Å²) in [4.78, 5) is 24.6. The number of aliphatic carboxylic acids is 1. The number of likely N-dealkylation sites (tertiary alicyclic amines) is 1. The summed E-state index contributed by atoms with van der Waals surface area (Å²) >= 11 is 0. The fourth-order valence-electron chi connectivity index (χ4n) is 3.78. The fraction of sp³-hybridized carbons (Fsp3) is 0.700. The van der Waals surface area contributed by atoms with Crippen LogP contribution in [0.5, 0.6) is 0 Å². The summed E-state index contributed by atoms with van der Waals surface area (Å²) in [5.74, 6) is 0.458. The van der Waals surface area contributed by atoms with Crippen molar-refractivity contribution in [1.29, 1.82) is 0 Å². The summed E-state index contributed by atoms with van der Waals surface area (Å²) in [6.45, 7) is 6.50. The number of carboxylic acid groups (broad SMARTS) is 1. The molecule has 3 rings (SSSR count). The van der Waals surface area contributed by atoms with Gasteiger partial charge in [-0.05, 0) is 31.0 Å². The molecule has 31 heavy (non-hydrogen) atoms. The third kappa shape index (κ3) is 7.42. The van der Waals surface area contributed by atoms with E-state index in [-0.39, 0.29) is 12.1 Å². The minimum Gasteiger partial charge on any atom is -0.475 e. The van der Waals surface area contributed by atoms with E-state index in [1.807, 2.05) is 0 Å². The second-order valence-corrected chi connectivity index (χ2v) is 7.92. The Bertz CT molecular complexity index is 738. The zero-order valence-corrected chi connectivity index (χ0v) is 17.9.